The van der Waals surface area contributed by atoms with E-state index in [2.05, 4.69) is 62.3 Å². The second kappa shape index (κ2) is 17.3. The maximum atomic E-state index is 9.93. The molecule has 3 unspecified atom stereocenters. The van der Waals surface area contributed by atoms with Gasteiger partial charge in [-0.1, -0.05) is 87.4 Å². The molecular formula is C36H48CaClNO2. The Morgan fingerprint density at radius 3 is 2.34 bits per heavy atom. The number of allylic oxidation sites excluding steroid dienone is 1. The number of para-hydroxylation sites is 1. The molecule has 3 aromatic rings. The number of hydrogen-bond acceptors (Lipinski definition) is 2. The monoisotopic (exact) mass is 601 g/mol. The van der Waals surface area contributed by atoms with E-state index in [0.29, 0.717) is 17.8 Å². The van der Waals surface area contributed by atoms with Crippen LogP contribution in [0.3, 0.4) is 0 Å². The van der Waals surface area contributed by atoms with Crippen molar-refractivity contribution in [1.29, 1.82) is 0 Å². The molecule has 1 saturated carbocycles. The summed E-state index contributed by atoms with van der Waals surface area (Å²) in [6.07, 6.45) is 8.56. The molecule has 1 aromatic heterocycles. The van der Waals surface area contributed by atoms with Gasteiger partial charge in [0, 0.05) is 27.9 Å². The molecule has 3 nitrogen and oxygen atoms in total. The van der Waals surface area contributed by atoms with Gasteiger partial charge in [0.25, 0.3) is 0 Å². The van der Waals surface area contributed by atoms with E-state index in [4.69, 9.17) is 11.6 Å². The number of fused-ring (bicyclic) bond motifs is 1. The van der Waals surface area contributed by atoms with E-state index >= 15 is 0 Å². The molecule has 0 radical (unpaired) electrons. The van der Waals surface area contributed by atoms with Crippen molar-refractivity contribution in [3.8, 4) is 0 Å². The van der Waals surface area contributed by atoms with Crippen LogP contribution in [0.25, 0.3) is 16.6 Å². The van der Waals surface area contributed by atoms with Crippen LogP contribution < -0.4 is 0 Å². The van der Waals surface area contributed by atoms with Gasteiger partial charge >= 0.3 is 37.7 Å². The summed E-state index contributed by atoms with van der Waals surface area (Å²) in [5, 5.41) is 21.3. The van der Waals surface area contributed by atoms with Crippen LogP contribution in [0.4, 0.5) is 0 Å². The van der Waals surface area contributed by atoms with Crippen LogP contribution in [0, 0.1) is 38.0 Å². The third kappa shape index (κ3) is 9.98. The molecule has 1 aliphatic rings. The van der Waals surface area contributed by atoms with Gasteiger partial charge in [0.1, 0.15) is 0 Å². The van der Waals surface area contributed by atoms with Crippen molar-refractivity contribution in [1.82, 2.24) is 4.57 Å². The first-order chi connectivity index (χ1) is 19.0. The molecule has 4 atom stereocenters. The molecule has 2 N–H and O–H groups in total. The fourth-order valence-corrected chi connectivity index (χ4v) is 5.81. The largest absolute Gasteiger partial charge is 2.00 e. The van der Waals surface area contributed by atoms with E-state index in [0.717, 1.165) is 61.2 Å². The standard InChI is InChI=1S/C28H31ClNO.C8H17O.Ca/c1-19(11-12-22-7-6-8-25(31)18-22)17-27-21(3)30(28-10-5-4-9-26(27)28)20(2)23-13-15-24(29)16-14-23;1-5-7(4)8(9)6(2)3;/h4-6,9-10,13-16,22,25,31H,1-2,7-8,11-12,17-18H2,3H3;6-9H,1,5H2,2-4H3;/q2*-1;+2/t;7?,8-;/m.1./s1. The second-order valence-corrected chi connectivity index (χ2v) is 12.3. The predicted molar refractivity (Wildman–Crippen MR) is 178 cm³/mol. The summed E-state index contributed by atoms with van der Waals surface area (Å²) in [7, 11) is 0. The average molecular weight is 602 g/mol. The predicted octanol–water partition coefficient (Wildman–Crippen LogP) is 8.85. The number of aliphatic hydroxyl groups is 2. The third-order valence-corrected chi connectivity index (χ3v) is 8.54. The van der Waals surface area contributed by atoms with Gasteiger partial charge in [-0.2, -0.15) is 19.3 Å². The minimum atomic E-state index is -0.178. The van der Waals surface area contributed by atoms with Crippen LogP contribution in [-0.4, -0.2) is 64.7 Å². The molecule has 0 aliphatic heterocycles. The summed E-state index contributed by atoms with van der Waals surface area (Å²) in [6, 6.07) is 16.4. The van der Waals surface area contributed by atoms with E-state index in [1.165, 1.54) is 27.7 Å². The van der Waals surface area contributed by atoms with Crippen LogP contribution in [0.2, 0.25) is 5.02 Å². The zero-order valence-electron chi connectivity index (χ0n) is 25.6. The van der Waals surface area contributed by atoms with Crippen molar-refractivity contribution >= 4 is 65.9 Å². The number of aromatic nitrogens is 1. The van der Waals surface area contributed by atoms with E-state index in [9.17, 15) is 10.2 Å². The van der Waals surface area contributed by atoms with Crippen molar-refractivity contribution in [2.45, 2.75) is 84.8 Å². The summed E-state index contributed by atoms with van der Waals surface area (Å²) in [4.78, 5) is 0. The third-order valence-electron chi connectivity index (χ3n) is 8.29. The topological polar surface area (TPSA) is 45.4 Å². The first-order valence-electron chi connectivity index (χ1n) is 14.7. The van der Waals surface area contributed by atoms with Gasteiger partial charge in [-0.3, -0.25) is 0 Å². The van der Waals surface area contributed by atoms with E-state index in [1.54, 1.807) is 0 Å². The van der Waals surface area contributed by atoms with Crippen molar-refractivity contribution in [3.63, 3.8) is 0 Å². The second-order valence-electron chi connectivity index (χ2n) is 11.9. The van der Waals surface area contributed by atoms with Crippen molar-refractivity contribution in [2.24, 2.45) is 17.8 Å². The van der Waals surface area contributed by atoms with Crippen LogP contribution in [-0.2, 0) is 6.42 Å². The maximum Gasteiger partial charge on any atom is 2.00 e. The fourth-order valence-electron chi connectivity index (χ4n) is 5.69. The summed E-state index contributed by atoms with van der Waals surface area (Å²) in [6.45, 7) is 20.8. The Morgan fingerprint density at radius 2 is 1.76 bits per heavy atom. The zero-order chi connectivity index (χ0) is 29.4. The Kier molecular flexibility index (Phi) is 15.2. The Hall–Kier alpha value is -1.07. The minimum Gasteiger partial charge on any atom is -0.396 e. The van der Waals surface area contributed by atoms with Crippen molar-refractivity contribution < 1.29 is 10.2 Å². The quantitative estimate of drug-likeness (QED) is 0.138. The van der Waals surface area contributed by atoms with Gasteiger partial charge in [-0.15, -0.1) is 0 Å². The molecule has 1 aliphatic carbocycles. The van der Waals surface area contributed by atoms with E-state index in [-0.39, 0.29) is 49.9 Å². The maximum absolute atomic E-state index is 9.93. The summed E-state index contributed by atoms with van der Waals surface area (Å²) in [5.41, 5.74) is 6.98. The van der Waals surface area contributed by atoms with Gasteiger partial charge in [0.05, 0.1) is 11.6 Å². The molecule has 1 heterocycles. The average Bonchev–Trinajstić information content (AvgIpc) is 3.22. The number of aliphatic hydroxyl groups excluding tert-OH is 2. The normalized spacial score (nSPS) is 18.3. The van der Waals surface area contributed by atoms with Gasteiger partial charge in [0.2, 0.25) is 0 Å². The van der Waals surface area contributed by atoms with Crippen LogP contribution in [0.1, 0.15) is 76.1 Å². The Bertz CT molecular complexity index is 1260. The van der Waals surface area contributed by atoms with Gasteiger partial charge in [-0.05, 0) is 73.8 Å². The van der Waals surface area contributed by atoms with Crippen LogP contribution >= 0.6 is 11.6 Å². The Morgan fingerprint density at radius 1 is 1.10 bits per heavy atom. The van der Waals surface area contributed by atoms with E-state index in [1.807, 2.05) is 45.0 Å². The minimum absolute atomic E-state index is 0. The van der Waals surface area contributed by atoms with Gasteiger partial charge in [-0.25, -0.2) is 0 Å². The number of nitrogens with zero attached hydrogens (tertiary/aromatic N) is 1. The van der Waals surface area contributed by atoms with Gasteiger partial charge < -0.3 is 28.1 Å². The Labute approximate surface area is 283 Å². The van der Waals surface area contributed by atoms with E-state index < -0.39 is 0 Å². The summed E-state index contributed by atoms with van der Waals surface area (Å²) < 4.78 is 2.26. The molecule has 1 fully saturated rings. The SMILES string of the molecule is C=C(CCC1C[CH-]CC(O)C1)Cc1c(C)n(C(=C)c2ccc(Cl)cc2)c2ccccc12.[CH2-]CC(C)[C@H](O)C(C)C.[Ca+2]. The van der Waals surface area contributed by atoms with Crippen LogP contribution in [0.5, 0.6) is 0 Å². The molecule has 0 bridgehead atoms. The first-order valence-corrected chi connectivity index (χ1v) is 15.1. The van der Waals surface area contributed by atoms with Crippen molar-refractivity contribution in [2.75, 3.05) is 0 Å². The number of hydrogen-bond donors (Lipinski definition) is 2. The molecule has 5 heteroatoms. The number of halogens is 1. The summed E-state index contributed by atoms with van der Waals surface area (Å²) in [5.74, 6) is 1.28. The molecule has 41 heavy (non-hydrogen) atoms. The number of benzene rings is 2. The number of rotatable bonds is 10. The molecule has 0 saturated heterocycles. The molecule has 2 aromatic carbocycles. The first kappa shape index (κ1) is 36.1. The summed E-state index contributed by atoms with van der Waals surface area (Å²) >= 11 is 6.08. The molecule has 0 spiro atoms. The van der Waals surface area contributed by atoms with Gasteiger partial charge in [0.15, 0.2) is 0 Å². The molecular weight excluding hydrogens is 554 g/mol. The smallest absolute Gasteiger partial charge is 0.396 e. The zero-order valence-corrected chi connectivity index (χ0v) is 28.5. The van der Waals surface area contributed by atoms with Crippen molar-refractivity contribution in [3.05, 3.63) is 102 Å². The molecule has 4 rings (SSSR count). The Balaban J connectivity index is 0.000000511. The fraction of sp³-hybridized carbons (Fsp3) is 0.444. The molecule has 0 amide bonds. The van der Waals surface area contributed by atoms with Crippen LogP contribution in [0.15, 0.2) is 67.3 Å². The molecule has 218 valence electrons.